The third-order valence-corrected chi connectivity index (χ3v) is 4.23. The van der Waals surface area contributed by atoms with Gasteiger partial charge >= 0.3 is 0 Å². The molecule has 1 fully saturated rings. The van der Waals surface area contributed by atoms with Crippen molar-refractivity contribution >= 4 is 11.7 Å². The first-order valence-corrected chi connectivity index (χ1v) is 8.47. The number of carbonyl (C=O) groups is 1. The number of amides is 1. The molecule has 134 valence electrons. The van der Waals surface area contributed by atoms with Crippen molar-refractivity contribution in [2.45, 2.75) is 32.9 Å². The van der Waals surface area contributed by atoms with Gasteiger partial charge in [-0.2, -0.15) is 4.98 Å². The summed E-state index contributed by atoms with van der Waals surface area (Å²) >= 11 is 0. The minimum absolute atomic E-state index is 0.0365. The molecule has 0 unspecified atom stereocenters. The van der Waals surface area contributed by atoms with Gasteiger partial charge in [0.2, 0.25) is 5.89 Å². The largest absolute Gasteiger partial charge is 0.367 e. The highest BCUT2D eigenvalue weighted by atomic mass is 16.5. The molecule has 25 heavy (non-hydrogen) atoms. The molecule has 0 aromatic carbocycles. The Balaban J connectivity index is 1.81. The Bertz CT molecular complexity index is 744. The molecular formula is C17H24N6O2. The standard InChI is InChI=1S/C17H24N6O2/c1-11(2)19-15-13(6-5-7-18-15)17(24)23-9-8-22(4)14(10-23)16-20-12(3)21-25-16/h5-7,11,14H,8-10H2,1-4H3,(H,18,19)/t14-/m0/s1. The molecule has 0 aliphatic carbocycles. The van der Waals surface area contributed by atoms with Crippen molar-refractivity contribution in [3.05, 3.63) is 35.6 Å². The Morgan fingerprint density at radius 2 is 2.20 bits per heavy atom. The van der Waals surface area contributed by atoms with Gasteiger partial charge in [-0.15, -0.1) is 0 Å². The first kappa shape index (κ1) is 17.3. The average molecular weight is 344 g/mol. The number of anilines is 1. The lowest BCUT2D eigenvalue weighted by Crippen LogP contribution is -2.49. The van der Waals surface area contributed by atoms with Gasteiger partial charge in [0.15, 0.2) is 5.82 Å². The third kappa shape index (κ3) is 3.79. The maximum atomic E-state index is 13.1. The predicted octanol–water partition coefficient (Wildman–Crippen LogP) is 1.72. The molecule has 3 rings (SSSR count). The van der Waals surface area contributed by atoms with E-state index in [-0.39, 0.29) is 18.0 Å². The average Bonchev–Trinajstić information content (AvgIpc) is 3.01. The summed E-state index contributed by atoms with van der Waals surface area (Å²) in [5.41, 5.74) is 0.584. The molecular weight excluding hydrogens is 320 g/mol. The van der Waals surface area contributed by atoms with E-state index in [9.17, 15) is 4.79 Å². The number of nitrogens with zero attached hydrogens (tertiary/aromatic N) is 5. The van der Waals surface area contributed by atoms with Crippen LogP contribution in [0.3, 0.4) is 0 Å². The molecule has 8 nitrogen and oxygen atoms in total. The second-order valence-corrected chi connectivity index (χ2v) is 6.63. The van der Waals surface area contributed by atoms with Crippen molar-refractivity contribution in [3.8, 4) is 0 Å². The Morgan fingerprint density at radius 3 is 2.88 bits per heavy atom. The van der Waals surface area contributed by atoms with E-state index in [2.05, 4.69) is 25.3 Å². The number of likely N-dealkylation sites (N-methyl/N-ethyl adjacent to an activating group) is 1. The molecule has 2 aromatic heterocycles. The van der Waals surface area contributed by atoms with Crippen molar-refractivity contribution in [3.63, 3.8) is 0 Å². The summed E-state index contributed by atoms with van der Waals surface area (Å²) in [5, 5.41) is 7.10. The lowest BCUT2D eigenvalue weighted by Gasteiger charge is -2.37. The van der Waals surface area contributed by atoms with Crippen molar-refractivity contribution in [1.29, 1.82) is 0 Å². The van der Waals surface area contributed by atoms with Crippen LogP contribution >= 0.6 is 0 Å². The minimum atomic E-state index is -0.0999. The monoisotopic (exact) mass is 344 g/mol. The molecule has 0 radical (unpaired) electrons. The second kappa shape index (κ2) is 7.18. The summed E-state index contributed by atoms with van der Waals surface area (Å²) in [6.45, 7) is 7.73. The van der Waals surface area contributed by atoms with Crippen LogP contribution in [0.1, 0.15) is 42.0 Å². The van der Waals surface area contributed by atoms with Gasteiger partial charge in [0.1, 0.15) is 11.9 Å². The van der Waals surface area contributed by atoms with Crippen molar-refractivity contribution in [2.24, 2.45) is 0 Å². The molecule has 1 saturated heterocycles. The molecule has 8 heteroatoms. The molecule has 1 N–H and O–H groups in total. The number of hydrogen-bond acceptors (Lipinski definition) is 7. The number of rotatable bonds is 4. The van der Waals surface area contributed by atoms with E-state index in [0.717, 1.165) is 6.54 Å². The lowest BCUT2D eigenvalue weighted by molar-refractivity contribution is 0.0489. The topological polar surface area (TPSA) is 87.4 Å². The Morgan fingerprint density at radius 1 is 1.40 bits per heavy atom. The van der Waals surface area contributed by atoms with E-state index in [1.54, 1.807) is 19.2 Å². The fraction of sp³-hybridized carbons (Fsp3) is 0.529. The zero-order valence-corrected chi connectivity index (χ0v) is 15.1. The highest BCUT2D eigenvalue weighted by Crippen LogP contribution is 2.25. The van der Waals surface area contributed by atoms with Crippen LogP contribution in [-0.2, 0) is 0 Å². The maximum Gasteiger partial charge on any atom is 0.257 e. The van der Waals surface area contributed by atoms with Crippen LogP contribution < -0.4 is 5.32 Å². The van der Waals surface area contributed by atoms with Gasteiger partial charge in [0.25, 0.3) is 5.91 Å². The molecule has 1 amide bonds. The summed E-state index contributed by atoms with van der Waals surface area (Å²) in [6, 6.07) is 3.69. The van der Waals surface area contributed by atoms with Gasteiger partial charge in [-0.25, -0.2) is 4.98 Å². The van der Waals surface area contributed by atoms with Crippen LogP contribution in [0.4, 0.5) is 5.82 Å². The number of hydrogen-bond donors (Lipinski definition) is 1. The van der Waals surface area contributed by atoms with Gasteiger partial charge in [0, 0.05) is 31.9 Å². The molecule has 0 bridgehead atoms. The minimum Gasteiger partial charge on any atom is -0.367 e. The van der Waals surface area contributed by atoms with E-state index in [1.807, 2.05) is 31.9 Å². The first-order valence-electron chi connectivity index (χ1n) is 8.47. The summed E-state index contributed by atoms with van der Waals surface area (Å²) in [6.07, 6.45) is 1.69. The molecule has 3 heterocycles. The van der Waals surface area contributed by atoms with Gasteiger partial charge in [-0.3, -0.25) is 9.69 Å². The molecule has 0 saturated carbocycles. The number of nitrogens with one attached hydrogen (secondary N) is 1. The molecule has 1 atom stereocenters. The molecule has 1 aliphatic rings. The Labute approximate surface area is 147 Å². The highest BCUT2D eigenvalue weighted by Gasteiger charge is 2.33. The Kier molecular flexibility index (Phi) is 4.98. The molecule has 1 aliphatic heterocycles. The Hall–Kier alpha value is -2.48. The van der Waals surface area contributed by atoms with Crippen molar-refractivity contribution in [1.82, 2.24) is 24.9 Å². The quantitative estimate of drug-likeness (QED) is 0.903. The van der Waals surface area contributed by atoms with Crippen LogP contribution in [0.25, 0.3) is 0 Å². The second-order valence-electron chi connectivity index (χ2n) is 6.63. The number of aromatic nitrogens is 3. The SMILES string of the molecule is Cc1noc([C@@H]2CN(C(=O)c3cccnc3NC(C)C)CCN2C)n1. The van der Waals surface area contributed by atoms with Gasteiger partial charge < -0.3 is 14.7 Å². The van der Waals surface area contributed by atoms with Crippen molar-refractivity contribution in [2.75, 3.05) is 32.0 Å². The zero-order valence-electron chi connectivity index (χ0n) is 15.1. The highest BCUT2D eigenvalue weighted by molar-refractivity contribution is 5.98. The number of pyridine rings is 1. The fourth-order valence-electron chi connectivity index (χ4n) is 2.91. The van der Waals surface area contributed by atoms with Crippen molar-refractivity contribution < 1.29 is 9.32 Å². The molecule has 2 aromatic rings. The van der Waals surface area contributed by atoms with E-state index in [4.69, 9.17) is 4.52 Å². The first-order chi connectivity index (χ1) is 12.0. The van der Waals surface area contributed by atoms with Gasteiger partial charge in [-0.05, 0) is 40.0 Å². The van der Waals surface area contributed by atoms with Crippen LogP contribution in [0.5, 0.6) is 0 Å². The third-order valence-electron chi connectivity index (χ3n) is 4.23. The van der Waals surface area contributed by atoms with E-state index in [1.165, 1.54) is 0 Å². The van der Waals surface area contributed by atoms with Crippen LogP contribution in [0.2, 0.25) is 0 Å². The number of carbonyl (C=O) groups excluding carboxylic acids is 1. The van der Waals surface area contributed by atoms with E-state index in [0.29, 0.717) is 36.2 Å². The van der Waals surface area contributed by atoms with Gasteiger partial charge in [-0.1, -0.05) is 5.16 Å². The number of aryl methyl sites for hydroxylation is 1. The zero-order chi connectivity index (χ0) is 18.0. The van der Waals surface area contributed by atoms with E-state index >= 15 is 0 Å². The van der Waals surface area contributed by atoms with E-state index < -0.39 is 0 Å². The van der Waals surface area contributed by atoms with Crippen LogP contribution in [0, 0.1) is 6.92 Å². The maximum absolute atomic E-state index is 13.1. The normalized spacial score (nSPS) is 18.6. The van der Waals surface area contributed by atoms with Gasteiger partial charge in [0.05, 0.1) is 5.56 Å². The smallest absolute Gasteiger partial charge is 0.257 e. The fourth-order valence-corrected chi connectivity index (χ4v) is 2.91. The van der Waals surface area contributed by atoms with Crippen LogP contribution in [-0.4, -0.2) is 63.6 Å². The van der Waals surface area contributed by atoms with Crippen LogP contribution in [0.15, 0.2) is 22.9 Å². The molecule has 0 spiro atoms. The summed E-state index contributed by atoms with van der Waals surface area (Å²) in [5.74, 6) is 1.73. The predicted molar refractivity (Wildman–Crippen MR) is 93.3 cm³/mol. The lowest BCUT2D eigenvalue weighted by atomic mass is 10.1. The summed E-state index contributed by atoms with van der Waals surface area (Å²) < 4.78 is 5.32. The summed E-state index contributed by atoms with van der Waals surface area (Å²) in [7, 11) is 2.00. The number of piperazine rings is 1. The summed E-state index contributed by atoms with van der Waals surface area (Å²) in [4.78, 5) is 25.7.